The molecule has 19 heavy (non-hydrogen) atoms. The van der Waals surface area contributed by atoms with Crippen LogP contribution in [0.4, 0.5) is 5.69 Å². The van der Waals surface area contributed by atoms with Gasteiger partial charge in [-0.3, -0.25) is 4.98 Å². The van der Waals surface area contributed by atoms with Gasteiger partial charge in [-0.1, -0.05) is 30.3 Å². The van der Waals surface area contributed by atoms with Gasteiger partial charge in [0.2, 0.25) is 0 Å². The van der Waals surface area contributed by atoms with Crippen molar-refractivity contribution < 1.29 is 0 Å². The molecule has 0 aliphatic carbocycles. The number of aromatic nitrogens is 1. The summed E-state index contributed by atoms with van der Waals surface area (Å²) in [4.78, 5) is 4.31. The standard InChI is InChI=1S/C16H17N3/c1-12-10-16(15(11-17)13(2)19-12)18-9-8-14-6-4-3-5-7-14/h3-7,10H,8-9H2,1-2H3,(H,18,19). The molecule has 0 unspecified atom stereocenters. The van der Waals surface area contributed by atoms with Crippen molar-refractivity contribution in [2.75, 3.05) is 11.9 Å². The Morgan fingerprint density at radius 2 is 1.95 bits per heavy atom. The number of nitriles is 1. The Kier molecular flexibility index (Phi) is 4.15. The Morgan fingerprint density at radius 1 is 1.21 bits per heavy atom. The van der Waals surface area contributed by atoms with Gasteiger partial charge in [-0.2, -0.15) is 5.26 Å². The van der Waals surface area contributed by atoms with Crippen LogP contribution in [0.1, 0.15) is 22.5 Å². The van der Waals surface area contributed by atoms with E-state index in [4.69, 9.17) is 0 Å². The van der Waals surface area contributed by atoms with Crippen molar-refractivity contribution >= 4 is 5.69 Å². The first-order chi connectivity index (χ1) is 9.20. The first-order valence-corrected chi connectivity index (χ1v) is 6.37. The van der Waals surface area contributed by atoms with Crippen LogP contribution >= 0.6 is 0 Å². The van der Waals surface area contributed by atoms with Gasteiger partial charge in [-0.15, -0.1) is 0 Å². The average molecular weight is 251 g/mol. The number of nitrogens with zero attached hydrogens (tertiary/aromatic N) is 2. The summed E-state index contributed by atoms with van der Waals surface area (Å²) in [6, 6.07) is 14.4. The van der Waals surface area contributed by atoms with Gasteiger partial charge in [0.1, 0.15) is 6.07 Å². The van der Waals surface area contributed by atoms with Crippen molar-refractivity contribution in [2.24, 2.45) is 0 Å². The molecule has 0 aliphatic rings. The average Bonchev–Trinajstić information content (AvgIpc) is 2.39. The third kappa shape index (κ3) is 3.32. The van der Waals surface area contributed by atoms with Crippen molar-refractivity contribution in [3.8, 4) is 6.07 Å². The molecule has 0 radical (unpaired) electrons. The topological polar surface area (TPSA) is 48.7 Å². The van der Waals surface area contributed by atoms with E-state index in [-0.39, 0.29) is 0 Å². The van der Waals surface area contributed by atoms with Gasteiger partial charge in [0.05, 0.1) is 16.9 Å². The molecule has 1 heterocycles. The van der Waals surface area contributed by atoms with Gasteiger partial charge in [-0.25, -0.2) is 0 Å². The van der Waals surface area contributed by atoms with Gasteiger partial charge in [0.15, 0.2) is 0 Å². The number of benzene rings is 1. The molecule has 1 N–H and O–H groups in total. The maximum absolute atomic E-state index is 9.18. The molecule has 0 fully saturated rings. The monoisotopic (exact) mass is 251 g/mol. The van der Waals surface area contributed by atoms with E-state index in [1.54, 1.807) is 0 Å². The molecule has 0 bridgehead atoms. The molecule has 0 atom stereocenters. The van der Waals surface area contributed by atoms with E-state index in [0.717, 1.165) is 30.0 Å². The Morgan fingerprint density at radius 3 is 2.63 bits per heavy atom. The predicted molar refractivity (Wildman–Crippen MR) is 77.1 cm³/mol. The maximum atomic E-state index is 9.18. The van der Waals surface area contributed by atoms with Crippen molar-refractivity contribution in [1.29, 1.82) is 5.26 Å². The number of anilines is 1. The lowest BCUT2D eigenvalue weighted by molar-refractivity contribution is 1.01. The highest BCUT2D eigenvalue weighted by Crippen LogP contribution is 2.18. The second kappa shape index (κ2) is 6.01. The fourth-order valence-electron chi connectivity index (χ4n) is 2.10. The molecule has 3 nitrogen and oxygen atoms in total. The van der Waals surface area contributed by atoms with E-state index >= 15 is 0 Å². The van der Waals surface area contributed by atoms with Gasteiger partial charge in [0, 0.05) is 12.2 Å². The van der Waals surface area contributed by atoms with Crippen LogP contribution < -0.4 is 5.32 Å². The number of aryl methyl sites for hydroxylation is 2. The highest BCUT2D eigenvalue weighted by Gasteiger charge is 2.07. The molecule has 0 saturated carbocycles. The highest BCUT2D eigenvalue weighted by atomic mass is 14.9. The lowest BCUT2D eigenvalue weighted by atomic mass is 10.1. The number of pyridine rings is 1. The summed E-state index contributed by atoms with van der Waals surface area (Å²) in [5.41, 5.74) is 4.52. The van der Waals surface area contributed by atoms with Crippen LogP contribution in [0.3, 0.4) is 0 Å². The van der Waals surface area contributed by atoms with Crippen LogP contribution in [-0.2, 0) is 6.42 Å². The summed E-state index contributed by atoms with van der Waals surface area (Å²) in [7, 11) is 0. The van der Waals surface area contributed by atoms with Gasteiger partial charge in [0.25, 0.3) is 0 Å². The Balaban J connectivity index is 2.06. The normalized spacial score (nSPS) is 9.95. The molecule has 0 spiro atoms. The molecule has 96 valence electrons. The zero-order valence-electron chi connectivity index (χ0n) is 11.3. The zero-order valence-corrected chi connectivity index (χ0v) is 11.3. The molecule has 2 aromatic rings. The van der Waals surface area contributed by atoms with Crippen molar-refractivity contribution in [3.63, 3.8) is 0 Å². The van der Waals surface area contributed by atoms with Gasteiger partial charge in [-0.05, 0) is 31.9 Å². The van der Waals surface area contributed by atoms with Crippen LogP contribution in [-0.4, -0.2) is 11.5 Å². The minimum atomic E-state index is 0.638. The Labute approximate surface area is 113 Å². The van der Waals surface area contributed by atoms with Crippen molar-refractivity contribution in [3.05, 3.63) is 58.9 Å². The molecular formula is C16H17N3. The summed E-state index contributed by atoms with van der Waals surface area (Å²) < 4.78 is 0. The van der Waals surface area contributed by atoms with Crippen LogP contribution in [0.5, 0.6) is 0 Å². The fraction of sp³-hybridized carbons (Fsp3) is 0.250. The van der Waals surface area contributed by atoms with Crippen LogP contribution in [0.2, 0.25) is 0 Å². The first-order valence-electron chi connectivity index (χ1n) is 6.37. The minimum Gasteiger partial charge on any atom is -0.384 e. The Hall–Kier alpha value is -2.34. The zero-order chi connectivity index (χ0) is 13.7. The van der Waals surface area contributed by atoms with E-state index in [2.05, 4.69) is 28.5 Å². The highest BCUT2D eigenvalue weighted by molar-refractivity contribution is 5.59. The lowest BCUT2D eigenvalue weighted by Gasteiger charge is -2.10. The molecule has 1 aromatic heterocycles. The second-order valence-corrected chi connectivity index (χ2v) is 4.55. The number of nitrogens with one attached hydrogen (secondary N) is 1. The van der Waals surface area contributed by atoms with Crippen LogP contribution in [0.15, 0.2) is 36.4 Å². The SMILES string of the molecule is Cc1cc(NCCc2ccccc2)c(C#N)c(C)n1. The first kappa shape index (κ1) is 13.1. The van der Waals surface area contributed by atoms with Crippen molar-refractivity contribution in [2.45, 2.75) is 20.3 Å². The second-order valence-electron chi connectivity index (χ2n) is 4.55. The summed E-state index contributed by atoms with van der Waals surface area (Å²) in [6.07, 6.45) is 0.937. The third-order valence-corrected chi connectivity index (χ3v) is 3.01. The van der Waals surface area contributed by atoms with Gasteiger partial charge < -0.3 is 5.32 Å². The fourth-order valence-corrected chi connectivity index (χ4v) is 2.10. The predicted octanol–water partition coefficient (Wildman–Crippen LogP) is 3.22. The maximum Gasteiger partial charge on any atom is 0.103 e. The van der Waals surface area contributed by atoms with Crippen molar-refractivity contribution in [1.82, 2.24) is 4.98 Å². The van der Waals surface area contributed by atoms with E-state index < -0.39 is 0 Å². The lowest BCUT2D eigenvalue weighted by Crippen LogP contribution is -2.08. The number of rotatable bonds is 4. The van der Waals surface area contributed by atoms with E-state index in [1.165, 1.54) is 5.56 Å². The molecule has 0 aliphatic heterocycles. The third-order valence-electron chi connectivity index (χ3n) is 3.01. The number of hydrogen-bond acceptors (Lipinski definition) is 3. The molecule has 0 saturated heterocycles. The molecule has 1 aromatic carbocycles. The van der Waals surface area contributed by atoms with Gasteiger partial charge >= 0.3 is 0 Å². The molecule has 3 heteroatoms. The summed E-state index contributed by atoms with van der Waals surface area (Å²) in [6.45, 7) is 4.62. The molecule has 0 amide bonds. The minimum absolute atomic E-state index is 0.638. The van der Waals surface area contributed by atoms with E-state index in [0.29, 0.717) is 5.56 Å². The number of hydrogen-bond donors (Lipinski definition) is 1. The van der Waals surface area contributed by atoms with Crippen LogP contribution in [0.25, 0.3) is 0 Å². The molecule has 2 rings (SSSR count). The van der Waals surface area contributed by atoms with E-state index in [9.17, 15) is 5.26 Å². The Bertz CT molecular complexity index is 597. The smallest absolute Gasteiger partial charge is 0.103 e. The van der Waals surface area contributed by atoms with E-state index in [1.807, 2.05) is 38.1 Å². The van der Waals surface area contributed by atoms with Crippen LogP contribution in [0, 0.1) is 25.2 Å². The summed E-state index contributed by atoms with van der Waals surface area (Å²) in [5, 5.41) is 12.5. The quantitative estimate of drug-likeness (QED) is 0.907. The molecular weight excluding hydrogens is 234 g/mol. The summed E-state index contributed by atoms with van der Waals surface area (Å²) >= 11 is 0. The summed E-state index contributed by atoms with van der Waals surface area (Å²) in [5.74, 6) is 0. The largest absolute Gasteiger partial charge is 0.384 e.